The second-order valence-corrected chi connectivity index (χ2v) is 7.91. The summed E-state index contributed by atoms with van der Waals surface area (Å²) >= 11 is 7.29. The maximum absolute atomic E-state index is 12.5. The highest BCUT2D eigenvalue weighted by molar-refractivity contribution is 7.99. The van der Waals surface area contributed by atoms with Gasteiger partial charge < -0.3 is 14.5 Å². The maximum Gasteiger partial charge on any atom is 0.234 e. The Kier molecular flexibility index (Phi) is 6.29. The van der Waals surface area contributed by atoms with Crippen LogP contribution in [-0.2, 0) is 11.3 Å². The molecule has 0 saturated carbocycles. The van der Waals surface area contributed by atoms with E-state index in [9.17, 15) is 4.79 Å². The van der Waals surface area contributed by atoms with E-state index in [1.54, 1.807) is 24.3 Å². The number of furan rings is 1. The maximum atomic E-state index is 12.5. The number of halogens is 1. The number of nitrogens with one attached hydrogen (secondary N) is 1. The van der Waals surface area contributed by atoms with Crippen LogP contribution >= 0.6 is 23.4 Å². The smallest absolute Gasteiger partial charge is 0.234 e. The van der Waals surface area contributed by atoms with Gasteiger partial charge in [-0.25, -0.2) is 0 Å². The minimum absolute atomic E-state index is 0.130. The molecule has 1 amide bonds. The average Bonchev–Trinajstić information content (AvgIpc) is 3.36. The van der Waals surface area contributed by atoms with Gasteiger partial charge in [-0.05, 0) is 30.3 Å². The first kappa shape index (κ1) is 21.0. The summed E-state index contributed by atoms with van der Waals surface area (Å²) in [6.07, 6.45) is 1.75. The van der Waals surface area contributed by atoms with Crippen LogP contribution in [0.3, 0.4) is 0 Å². The van der Waals surface area contributed by atoms with Crippen molar-refractivity contribution >= 4 is 45.9 Å². The first-order valence-corrected chi connectivity index (χ1v) is 10.7. The molecule has 1 N–H and O–H groups in total. The Balaban J connectivity index is 1.52. The van der Waals surface area contributed by atoms with Crippen LogP contribution in [0.2, 0.25) is 5.02 Å². The average molecular weight is 455 g/mol. The van der Waals surface area contributed by atoms with Crippen LogP contribution in [-0.4, -0.2) is 33.5 Å². The standard InChI is InChI=1S/C22H19ClN4O3S/c1-3-10-27-21(19-11-14-6-4-5-7-17(14)30-19)25-26-22(27)31-13-20(28)24-16-12-15(23)8-9-18(16)29-2/h3-9,11-12H,1,10,13H2,2H3,(H,24,28). The third-order valence-corrected chi connectivity index (χ3v) is 5.64. The van der Waals surface area contributed by atoms with Crippen molar-refractivity contribution in [1.29, 1.82) is 0 Å². The van der Waals surface area contributed by atoms with Crippen molar-refractivity contribution in [3.05, 3.63) is 66.2 Å². The van der Waals surface area contributed by atoms with Crippen molar-refractivity contribution < 1.29 is 13.9 Å². The number of rotatable bonds is 8. The van der Waals surface area contributed by atoms with Gasteiger partial charge in [0.1, 0.15) is 11.3 Å². The van der Waals surface area contributed by atoms with E-state index in [2.05, 4.69) is 22.1 Å². The Morgan fingerprint density at radius 1 is 1.29 bits per heavy atom. The summed E-state index contributed by atoms with van der Waals surface area (Å²) in [5, 5.41) is 13.4. The van der Waals surface area contributed by atoms with Gasteiger partial charge in [-0.2, -0.15) is 0 Å². The Bertz CT molecular complexity index is 1220. The van der Waals surface area contributed by atoms with Gasteiger partial charge in [0.2, 0.25) is 11.7 Å². The number of amides is 1. The van der Waals surface area contributed by atoms with E-state index in [1.807, 2.05) is 34.9 Å². The van der Waals surface area contributed by atoms with E-state index in [0.717, 1.165) is 11.0 Å². The summed E-state index contributed by atoms with van der Waals surface area (Å²) in [6.45, 7) is 4.29. The number of ether oxygens (including phenoxy) is 1. The number of anilines is 1. The molecule has 0 spiro atoms. The number of fused-ring (bicyclic) bond motifs is 1. The van der Waals surface area contributed by atoms with Gasteiger partial charge in [-0.15, -0.1) is 16.8 Å². The van der Waals surface area contributed by atoms with Crippen LogP contribution in [0.15, 0.2) is 70.8 Å². The first-order chi connectivity index (χ1) is 15.1. The second-order valence-electron chi connectivity index (χ2n) is 6.54. The molecule has 31 heavy (non-hydrogen) atoms. The number of hydrogen-bond donors (Lipinski definition) is 1. The number of para-hydroxylation sites is 1. The summed E-state index contributed by atoms with van der Waals surface area (Å²) in [7, 11) is 1.53. The lowest BCUT2D eigenvalue weighted by molar-refractivity contribution is -0.113. The zero-order valence-electron chi connectivity index (χ0n) is 16.7. The van der Waals surface area contributed by atoms with E-state index in [0.29, 0.717) is 39.7 Å². The fourth-order valence-corrected chi connectivity index (χ4v) is 3.98. The predicted molar refractivity (Wildman–Crippen MR) is 123 cm³/mol. The van der Waals surface area contributed by atoms with Crippen molar-refractivity contribution in [1.82, 2.24) is 14.8 Å². The monoisotopic (exact) mass is 454 g/mol. The fourth-order valence-electron chi connectivity index (χ4n) is 3.06. The molecular weight excluding hydrogens is 436 g/mol. The summed E-state index contributed by atoms with van der Waals surface area (Å²) in [5.41, 5.74) is 1.28. The normalized spacial score (nSPS) is 10.9. The molecule has 0 bridgehead atoms. The van der Waals surface area contributed by atoms with Crippen LogP contribution in [0, 0.1) is 0 Å². The number of allylic oxidation sites excluding steroid dienone is 1. The van der Waals surface area contributed by atoms with Crippen LogP contribution in [0.5, 0.6) is 5.75 Å². The van der Waals surface area contributed by atoms with Gasteiger partial charge >= 0.3 is 0 Å². The molecule has 0 aliphatic carbocycles. The molecule has 0 unspecified atom stereocenters. The quantitative estimate of drug-likeness (QED) is 0.288. The minimum Gasteiger partial charge on any atom is -0.495 e. The SMILES string of the molecule is C=CCn1c(SCC(=O)Nc2cc(Cl)ccc2OC)nnc1-c1cc2ccccc2o1. The molecule has 4 aromatic rings. The molecule has 0 radical (unpaired) electrons. The largest absolute Gasteiger partial charge is 0.495 e. The molecule has 2 aromatic carbocycles. The zero-order chi connectivity index (χ0) is 21.8. The molecule has 2 aromatic heterocycles. The summed E-state index contributed by atoms with van der Waals surface area (Å²) in [5.74, 6) is 1.63. The number of methoxy groups -OCH3 is 1. The van der Waals surface area contributed by atoms with Crippen molar-refractivity contribution in [2.45, 2.75) is 11.7 Å². The molecule has 0 atom stereocenters. The molecule has 9 heteroatoms. The van der Waals surface area contributed by atoms with Crippen molar-refractivity contribution in [3.8, 4) is 17.3 Å². The summed E-state index contributed by atoms with van der Waals surface area (Å²) in [6, 6.07) is 14.7. The number of thioether (sulfide) groups is 1. The molecule has 7 nitrogen and oxygen atoms in total. The van der Waals surface area contributed by atoms with E-state index in [1.165, 1.54) is 18.9 Å². The van der Waals surface area contributed by atoms with Gasteiger partial charge in [0.25, 0.3) is 0 Å². The highest BCUT2D eigenvalue weighted by Gasteiger charge is 2.18. The number of aromatic nitrogens is 3. The van der Waals surface area contributed by atoms with Crippen LogP contribution in [0.4, 0.5) is 5.69 Å². The van der Waals surface area contributed by atoms with Crippen molar-refractivity contribution in [2.75, 3.05) is 18.2 Å². The zero-order valence-corrected chi connectivity index (χ0v) is 18.2. The van der Waals surface area contributed by atoms with Crippen molar-refractivity contribution in [3.63, 3.8) is 0 Å². The highest BCUT2D eigenvalue weighted by Crippen LogP contribution is 2.30. The van der Waals surface area contributed by atoms with Crippen LogP contribution in [0.25, 0.3) is 22.6 Å². The third-order valence-electron chi connectivity index (χ3n) is 4.44. The third kappa shape index (κ3) is 4.60. The molecular formula is C22H19ClN4O3S. The van der Waals surface area contributed by atoms with E-state index >= 15 is 0 Å². The number of carbonyl (C=O) groups excluding carboxylic acids is 1. The molecule has 0 saturated heterocycles. The van der Waals surface area contributed by atoms with Crippen LogP contribution in [0.1, 0.15) is 0 Å². The lowest BCUT2D eigenvalue weighted by atomic mass is 10.2. The van der Waals surface area contributed by atoms with Gasteiger partial charge in [0, 0.05) is 17.0 Å². The number of carbonyl (C=O) groups is 1. The summed E-state index contributed by atoms with van der Waals surface area (Å²) < 4.78 is 13.1. The van der Waals surface area contributed by atoms with E-state index < -0.39 is 0 Å². The topological polar surface area (TPSA) is 82.2 Å². The lowest BCUT2D eigenvalue weighted by Crippen LogP contribution is -2.15. The number of hydrogen-bond acceptors (Lipinski definition) is 6. The van der Waals surface area contributed by atoms with E-state index in [-0.39, 0.29) is 11.7 Å². The number of nitrogens with zero attached hydrogens (tertiary/aromatic N) is 3. The first-order valence-electron chi connectivity index (χ1n) is 9.38. The fraction of sp³-hybridized carbons (Fsp3) is 0.136. The Morgan fingerprint density at radius 3 is 2.90 bits per heavy atom. The van der Waals surface area contributed by atoms with Gasteiger partial charge in [0.05, 0.1) is 18.6 Å². The number of benzene rings is 2. The molecule has 0 aliphatic rings. The molecule has 0 fully saturated rings. The Morgan fingerprint density at radius 2 is 2.13 bits per heavy atom. The lowest BCUT2D eigenvalue weighted by Gasteiger charge is -2.10. The highest BCUT2D eigenvalue weighted by atomic mass is 35.5. The molecule has 4 rings (SSSR count). The van der Waals surface area contributed by atoms with Gasteiger partial charge in [-0.1, -0.05) is 47.6 Å². The molecule has 158 valence electrons. The summed E-state index contributed by atoms with van der Waals surface area (Å²) in [4.78, 5) is 12.5. The van der Waals surface area contributed by atoms with Gasteiger partial charge in [0.15, 0.2) is 10.9 Å². The van der Waals surface area contributed by atoms with Crippen LogP contribution < -0.4 is 10.1 Å². The molecule has 0 aliphatic heterocycles. The van der Waals surface area contributed by atoms with E-state index in [4.69, 9.17) is 20.8 Å². The Labute approximate surface area is 188 Å². The van der Waals surface area contributed by atoms with Gasteiger partial charge in [-0.3, -0.25) is 9.36 Å². The minimum atomic E-state index is -0.219. The second kappa shape index (κ2) is 9.28. The predicted octanol–water partition coefficient (Wildman–Crippen LogP) is 5.27. The van der Waals surface area contributed by atoms with Crippen molar-refractivity contribution in [2.24, 2.45) is 0 Å². The Hall–Kier alpha value is -3.23. The molecule has 2 heterocycles.